The van der Waals surface area contributed by atoms with Crippen LogP contribution in [0.25, 0.3) is 0 Å². The highest BCUT2D eigenvalue weighted by Gasteiger charge is 2.11. The van der Waals surface area contributed by atoms with Crippen LogP contribution < -0.4 is 15.8 Å². The molecule has 0 aliphatic heterocycles. The van der Waals surface area contributed by atoms with Gasteiger partial charge in [0, 0.05) is 22.0 Å². The number of aryl methyl sites for hydroxylation is 1. The molecular formula is C20H18ClN3O2. The maximum Gasteiger partial charge on any atom is 0.259 e. The molecule has 0 aliphatic carbocycles. The van der Waals surface area contributed by atoms with Crippen molar-refractivity contribution in [3.8, 4) is 5.75 Å². The van der Waals surface area contributed by atoms with Crippen molar-refractivity contribution in [3.05, 3.63) is 82.5 Å². The van der Waals surface area contributed by atoms with Crippen molar-refractivity contribution in [2.45, 2.75) is 13.5 Å². The summed E-state index contributed by atoms with van der Waals surface area (Å²) in [5.41, 5.74) is 8.46. The van der Waals surface area contributed by atoms with Crippen molar-refractivity contribution in [2.24, 2.45) is 0 Å². The fourth-order valence-electron chi connectivity index (χ4n) is 2.38. The van der Waals surface area contributed by atoms with Crippen LogP contribution in [0.15, 0.2) is 60.7 Å². The molecular weight excluding hydrogens is 350 g/mol. The Balaban J connectivity index is 1.62. The van der Waals surface area contributed by atoms with Crippen LogP contribution in [0.1, 0.15) is 21.6 Å². The number of halogens is 1. The zero-order chi connectivity index (χ0) is 18.5. The highest BCUT2D eigenvalue weighted by atomic mass is 35.5. The quantitative estimate of drug-likeness (QED) is 0.698. The van der Waals surface area contributed by atoms with E-state index in [1.165, 1.54) is 0 Å². The largest absolute Gasteiger partial charge is 0.489 e. The number of aromatic nitrogens is 1. The van der Waals surface area contributed by atoms with Crippen LogP contribution in [-0.4, -0.2) is 10.9 Å². The number of carbonyl (C=O) groups is 1. The molecule has 26 heavy (non-hydrogen) atoms. The van der Waals surface area contributed by atoms with E-state index in [1.54, 1.807) is 36.4 Å². The zero-order valence-electron chi connectivity index (χ0n) is 14.2. The monoisotopic (exact) mass is 367 g/mol. The van der Waals surface area contributed by atoms with Gasteiger partial charge in [-0.25, -0.2) is 4.98 Å². The number of carbonyl (C=O) groups excluding carboxylic acids is 1. The molecule has 0 saturated carbocycles. The number of anilines is 2. The molecule has 1 amide bonds. The first-order chi connectivity index (χ1) is 12.5. The summed E-state index contributed by atoms with van der Waals surface area (Å²) in [6.07, 6.45) is 0. The first-order valence-electron chi connectivity index (χ1n) is 8.03. The maximum atomic E-state index is 12.3. The second-order valence-corrected chi connectivity index (χ2v) is 6.15. The molecule has 3 rings (SSSR count). The molecule has 0 bridgehead atoms. The Bertz CT molecular complexity index is 927. The van der Waals surface area contributed by atoms with Crippen LogP contribution in [0.3, 0.4) is 0 Å². The van der Waals surface area contributed by atoms with Crippen molar-refractivity contribution in [2.75, 3.05) is 11.1 Å². The number of amides is 1. The van der Waals surface area contributed by atoms with Gasteiger partial charge in [0.15, 0.2) is 0 Å². The molecule has 5 nitrogen and oxygen atoms in total. The summed E-state index contributed by atoms with van der Waals surface area (Å²) in [7, 11) is 0. The molecule has 0 unspecified atom stereocenters. The molecule has 3 aromatic rings. The molecule has 1 aromatic heterocycles. The smallest absolute Gasteiger partial charge is 0.259 e. The molecule has 3 N–H and O–H groups in total. The minimum Gasteiger partial charge on any atom is -0.489 e. The number of hydrogen-bond donors (Lipinski definition) is 2. The molecule has 0 fully saturated rings. The lowest BCUT2D eigenvalue weighted by molar-refractivity contribution is 0.102. The molecule has 0 saturated heterocycles. The highest BCUT2D eigenvalue weighted by Crippen LogP contribution is 2.21. The molecule has 0 spiro atoms. The lowest BCUT2D eigenvalue weighted by Gasteiger charge is -2.10. The molecule has 6 heteroatoms. The minimum absolute atomic E-state index is 0.210. The second kappa shape index (κ2) is 7.89. The number of hydrogen-bond acceptors (Lipinski definition) is 4. The minimum atomic E-state index is -0.306. The van der Waals surface area contributed by atoms with E-state index in [0.29, 0.717) is 28.6 Å². The van der Waals surface area contributed by atoms with Gasteiger partial charge in [0.1, 0.15) is 18.2 Å². The van der Waals surface area contributed by atoms with Gasteiger partial charge >= 0.3 is 0 Å². The van der Waals surface area contributed by atoms with E-state index in [9.17, 15) is 4.79 Å². The number of nitrogens with zero attached hydrogens (tertiary/aromatic N) is 1. The number of nitrogens with two attached hydrogens (primary N) is 1. The SMILES string of the molecule is Cc1ccc(C(=O)Nc2ccc(OCc3ccccc3Cl)cc2)c(N)n1. The average molecular weight is 368 g/mol. The van der Waals surface area contributed by atoms with Crippen LogP contribution in [0.5, 0.6) is 5.75 Å². The number of benzene rings is 2. The third-order valence-corrected chi connectivity index (χ3v) is 4.14. The Morgan fingerprint density at radius 2 is 1.85 bits per heavy atom. The fraction of sp³-hybridized carbons (Fsp3) is 0.100. The van der Waals surface area contributed by atoms with Crippen molar-refractivity contribution < 1.29 is 9.53 Å². The van der Waals surface area contributed by atoms with Gasteiger partial charge in [0.25, 0.3) is 5.91 Å². The molecule has 132 valence electrons. The maximum absolute atomic E-state index is 12.3. The van der Waals surface area contributed by atoms with Crippen LogP contribution in [-0.2, 0) is 6.61 Å². The van der Waals surface area contributed by atoms with Crippen molar-refractivity contribution in [3.63, 3.8) is 0 Å². The molecule has 0 atom stereocenters. The summed E-state index contributed by atoms with van der Waals surface area (Å²) >= 11 is 6.11. The summed E-state index contributed by atoms with van der Waals surface area (Å²) in [4.78, 5) is 16.4. The van der Waals surface area contributed by atoms with E-state index in [-0.39, 0.29) is 11.7 Å². The zero-order valence-corrected chi connectivity index (χ0v) is 15.0. The third-order valence-electron chi connectivity index (χ3n) is 3.77. The van der Waals surface area contributed by atoms with E-state index in [4.69, 9.17) is 22.1 Å². The summed E-state index contributed by atoms with van der Waals surface area (Å²) < 4.78 is 5.72. The molecule has 0 aliphatic rings. The van der Waals surface area contributed by atoms with Crippen molar-refractivity contribution >= 4 is 29.0 Å². The van der Waals surface area contributed by atoms with Crippen LogP contribution >= 0.6 is 11.6 Å². The van der Waals surface area contributed by atoms with E-state index in [0.717, 1.165) is 11.3 Å². The van der Waals surface area contributed by atoms with E-state index in [1.807, 2.05) is 31.2 Å². The normalized spacial score (nSPS) is 10.4. The summed E-state index contributed by atoms with van der Waals surface area (Å²) in [5.74, 6) is 0.585. The van der Waals surface area contributed by atoms with Gasteiger partial charge in [0.2, 0.25) is 0 Å². The number of nitrogen functional groups attached to an aromatic ring is 1. The van der Waals surface area contributed by atoms with Crippen LogP contribution in [0, 0.1) is 6.92 Å². The van der Waals surface area contributed by atoms with Gasteiger partial charge in [-0.1, -0.05) is 29.8 Å². The first-order valence-corrected chi connectivity index (χ1v) is 8.41. The topological polar surface area (TPSA) is 77.2 Å². The van der Waals surface area contributed by atoms with Gasteiger partial charge in [-0.15, -0.1) is 0 Å². The number of nitrogens with one attached hydrogen (secondary N) is 1. The van der Waals surface area contributed by atoms with E-state index >= 15 is 0 Å². The van der Waals surface area contributed by atoms with Gasteiger partial charge in [0.05, 0.1) is 5.56 Å². The fourth-order valence-corrected chi connectivity index (χ4v) is 2.57. The molecule has 2 aromatic carbocycles. The van der Waals surface area contributed by atoms with E-state index in [2.05, 4.69) is 10.3 Å². The number of rotatable bonds is 5. The summed E-state index contributed by atoms with van der Waals surface area (Å²) in [5, 5.41) is 3.46. The van der Waals surface area contributed by atoms with Gasteiger partial charge in [-0.2, -0.15) is 0 Å². The lowest BCUT2D eigenvalue weighted by atomic mass is 10.2. The van der Waals surface area contributed by atoms with E-state index < -0.39 is 0 Å². The van der Waals surface area contributed by atoms with Gasteiger partial charge in [-0.05, 0) is 49.4 Å². The first kappa shape index (κ1) is 17.8. The second-order valence-electron chi connectivity index (χ2n) is 5.74. The third kappa shape index (κ3) is 4.32. The Morgan fingerprint density at radius 3 is 2.54 bits per heavy atom. The Labute approximate surface area is 156 Å². The Hall–Kier alpha value is -3.05. The summed E-state index contributed by atoms with van der Waals surface area (Å²) in [6, 6.07) is 18.0. The van der Waals surface area contributed by atoms with Gasteiger partial charge in [-0.3, -0.25) is 4.79 Å². The lowest BCUT2D eigenvalue weighted by Crippen LogP contribution is -2.15. The predicted molar refractivity (Wildman–Crippen MR) is 104 cm³/mol. The Morgan fingerprint density at radius 1 is 1.12 bits per heavy atom. The standard InChI is InChI=1S/C20H18ClN3O2/c1-13-6-11-17(19(22)23-13)20(25)24-15-7-9-16(10-8-15)26-12-14-4-2-3-5-18(14)21/h2-11H,12H2,1H3,(H2,22,23)(H,24,25). The average Bonchev–Trinajstić information content (AvgIpc) is 2.62. The van der Waals surface area contributed by atoms with Crippen molar-refractivity contribution in [1.82, 2.24) is 4.98 Å². The number of ether oxygens (including phenoxy) is 1. The predicted octanol–water partition coefficient (Wildman–Crippen LogP) is 4.46. The van der Waals surface area contributed by atoms with Gasteiger partial charge < -0.3 is 15.8 Å². The van der Waals surface area contributed by atoms with Crippen molar-refractivity contribution in [1.29, 1.82) is 0 Å². The van der Waals surface area contributed by atoms with Crippen LogP contribution in [0.4, 0.5) is 11.5 Å². The highest BCUT2D eigenvalue weighted by molar-refractivity contribution is 6.31. The van der Waals surface area contributed by atoms with Crippen LogP contribution in [0.2, 0.25) is 5.02 Å². The Kier molecular flexibility index (Phi) is 5.39. The number of pyridine rings is 1. The molecule has 1 heterocycles. The summed E-state index contributed by atoms with van der Waals surface area (Å²) in [6.45, 7) is 2.19. The molecule has 0 radical (unpaired) electrons.